The number of hydrogen-bond acceptors (Lipinski definition) is 3. The van der Waals surface area contributed by atoms with Crippen LogP contribution in [0.5, 0.6) is 0 Å². The molecule has 5 heteroatoms. The predicted molar refractivity (Wildman–Crippen MR) is 77.2 cm³/mol. The molecule has 1 aromatic heterocycles. The zero-order valence-corrected chi connectivity index (χ0v) is 12.4. The van der Waals surface area contributed by atoms with Gasteiger partial charge in [-0.25, -0.2) is 9.37 Å². The van der Waals surface area contributed by atoms with Crippen molar-refractivity contribution in [2.24, 2.45) is 0 Å². The molecule has 2 nitrogen and oxygen atoms in total. The summed E-state index contributed by atoms with van der Waals surface area (Å²) < 4.78 is 14.1. The van der Waals surface area contributed by atoms with Crippen LogP contribution in [0.2, 0.25) is 0 Å². The molecule has 0 saturated carbocycles. The molecule has 0 aliphatic heterocycles. The molecule has 0 aliphatic carbocycles. The highest BCUT2D eigenvalue weighted by molar-refractivity contribution is 9.10. The molecule has 0 saturated heterocycles. The van der Waals surface area contributed by atoms with Crippen LogP contribution in [-0.4, -0.2) is 11.5 Å². The van der Waals surface area contributed by atoms with Crippen molar-refractivity contribution in [1.29, 1.82) is 0 Å². The van der Waals surface area contributed by atoms with Crippen LogP contribution in [-0.2, 0) is 6.54 Å². The summed E-state index contributed by atoms with van der Waals surface area (Å²) in [5.41, 5.74) is 1.81. The lowest BCUT2D eigenvalue weighted by Crippen LogP contribution is -2.13. The highest BCUT2D eigenvalue weighted by Crippen LogP contribution is 2.31. The molecule has 1 aromatic carbocycles. The van der Waals surface area contributed by atoms with Gasteiger partial charge in [0.25, 0.3) is 0 Å². The Morgan fingerprint density at radius 2 is 2.28 bits per heavy atom. The number of aromatic nitrogens is 1. The van der Waals surface area contributed by atoms with Gasteiger partial charge in [-0.1, -0.05) is 22.9 Å². The van der Waals surface area contributed by atoms with Gasteiger partial charge in [-0.15, -0.1) is 11.3 Å². The molecule has 2 rings (SSSR count). The topological polar surface area (TPSA) is 24.9 Å². The second-order valence-corrected chi connectivity index (χ2v) is 5.66. The number of nitrogens with one attached hydrogen (secondary N) is 1. The fraction of sp³-hybridized carbons (Fsp3) is 0.308. The Morgan fingerprint density at radius 3 is 3.06 bits per heavy atom. The standard InChI is InChI=1S/C13H14BrFN2S/c1-2-5-16-7-10-8-18-13(17-10)11-6-9(15)3-4-12(11)14/h3-4,6,8,16H,2,5,7H2,1H3. The molecule has 0 aliphatic rings. The van der Waals surface area contributed by atoms with E-state index in [9.17, 15) is 4.39 Å². The van der Waals surface area contributed by atoms with E-state index in [4.69, 9.17) is 0 Å². The van der Waals surface area contributed by atoms with Gasteiger partial charge >= 0.3 is 0 Å². The van der Waals surface area contributed by atoms with Gasteiger partial charge in [0.1, 0.15) is 10.8 Å². The van der Waals surface area contributed by atoms with Crippen LogP contribution in [0.3, 0.4) is 0 Å². The SMILES string of the molecule is CCCNCc1csc(-c2cc(F)ccc2Br)n1. The van der Waals surface area contributed by atoms with Crippen molar-refractivity contribution in [2.45, 2.75) is 19.9 Å². The fourth-order valence-electron chi connectivity index (χ4n) is 1.57. The molecule has 18 heavy (non-hydrogen) atoms. The first-order chi connectivity index (χ1) is 8.70. The maximum absolute atomic E-state index is 13.2. The molecule has 96 valence electrons. The van der Waals surface area contributed by atoms with Gasteiger partial charge in [0, 0.05) is 22.0 Å². The third-order valence-corrected chi connectivity index (χ3v) is 4.06. The zero-order chi connectivity index (χ0) is 13.0. The third-order valence-electron chi connectivity index (χ3n) is 2.44. The molecular formula is C13H14BrFN2S. The van der Waals surface area contributed by atoms with Crippen molar-refractivity contribution in [2.75, 3.05) is 6.54 Å². The van der Waals surface area contributed by atoms with Crippen LogP contribution in [0.25, 0.3) is 10.6 Å². The van der Waals surface area contributed by atoms with Crippen molar-refractivity contribution >= 4 is 27.3 Å². The molecular weight excluding hydrogens is 315 g/mol. The molecule has 2 aromatic rings. The van der Waals surface area contributed by atoms with Crippen LogP contribution in [0.1, 0.15) is 19.0 Å². The summed E-state index contributed by atoms with van der Waals surface area (Å²) >= 11 is 4.96. The summed E-state index contributed by atoms with van der Waals surface area (Å²) in [4.78, 5) is 4.51. The molecule has 0 bridgehead atoms. The zero-order valence-electron chi connectivity index (χ0n) is 10.0. The van der Waals surface area contributed by atoms with Gasteiger partial charge < -0.3 is 5.32 Å². The largest absolute Gasteiger partial charge is 0.311 e. The quantitative estimate of drug-likeness (QED) is 0.831. The summed E-state index contributed by atoms with van der Waals surface area (Å²) in [7, 11) is 0. The molecule has 0 atom stereocenters. The lowest BCUT2D eigenvalue weighted by atomic mass is 10.2. The van der Waals surface area contributed by atoms with E-state index in [1.807, 2.05) is 5.38 Å². The first-order valence-electron chi connectivity index (χ1n) is 5.81. The third kappa shape index (κ3) is 3.37. The maximum atomic E-state index is 13.2. The minimum atomic E-state index is -0.242. The van der Waals surface area contributed by atoms with Crippen molar-refractivity contribution in [3.8, 4) is 10.6 Å². The number of halogens is 2. The summed E-state index contributed by atoms with van der Waals surface area (Å²) in [5.74, 6) is -0.242. The fourth-order valence-corrected chi connectivity index (χ4v) is 2.98. The molecule has 1 N–H and O–H groups in total. The van der Waals surface area contributed by atoms with Gasteiger partial charge in [0.05, 0.1) is 5.69 Å². The molecule has 0 unspecified atom stereocenters. The van der Waals surface area contributed by atoms with Crippen LogP contribution in [0.4, 0.5) is 4.39 Å². The van der Waals surface area contributed by atoms with Gasteiger partial charge in [-0.05, 0) is 31.2 Å². The highest BCUT2D eigenvalue weighted by atomic mass is 79.9. The van der Waals surface area contributed by atoms with Crippen molar-refractivity contribution in [1.82, 2.24) is 10.3 Å². The second kappa shape index (κ2) is 6.41. The Morgan fingerprint density at radius 1 is 1.44 bits per heavy atom. The first kappa shape index (κ1) is 13.6. The average molecular weight is 329 g/mol. The van der Waals surface area contributed by atoms with Crippen molar-refractivity contribution in [3.63, 3.8) is 0 Å². The maximum Gasteiger partial charge on any atom is 0.124 e. The highest BCUT2D eigenvalue weighted by Gasteiger charge is 2.09. The Kier molecular flexibility index (Phi) is 4.86. The van der Waals surface area contributed by atoms with E-state index >= 15 is 0 Å². The minimum Gasteiger partial charge on any atom is -0.311 e. The number of benzene rings is 1. The predicted octanol–water partition coefficient (Wildman–Crippen LogP) is 4.21. The average Bonchev–Trinajstić information content (AvgIpc) is 2.81. The number of thiazole rings is 1. The molecule has 0 amide bonds. The van der Waals surface area contributed by atoms with Crippen LogP contribution >= 0.6 is 27.3 Å². The second-order valence-electron chi connectivity index (χ2n) is 3.94. The van der Waals surface area contributed by atoms with Crippen LogP contribution in [0.15, 0.2) is 28.1 Å². The van der Waals surface area contributed by atoms with E-state index in [0.717, 1.165) is 40.2 Å². The molecule has 1 heterocycles. The van der Waals surface area contributed by atoms with Crippen molar-refractivity contribution < 1.29 is 4.39 Å². The van der Waals surface area contributed by atoms with Gasteiger partial charge in [0.2, 0.25) is 0 Å². The van der Waals surface area contributed by atoms with E-state index in [2.05, 4.69) is 33.2 Å². The van der Waals surface area contributed by atoms with E-state index in [1.165, 1.54) is 23.5 Å². The number of rotatable bonds is 5. The van der Waals surface area contributed by atoms with E-state index in [1.54, 1.807) is 6.07 Å². The Labute approximate surface area is 118 Å². The lowest BCUT2D eigenvalue weighted by Gasteiger charge is -2.01. The Bertz CT molecular complexity index is 527. The Balaban J connectivity index is 2.16. The van der Waals surface area contributed by atoms with Crippen LogP contribution in [0, 0.1) is 5.82 Å². The van der Waals surface area contributed by atoms with E-state index in [0.29, 0.717) is 0 Å². The smallest absolute Gasteiger partial charge is 0.124 e. The molecule has 0 radical (unpaired) electrons. The van der Waals surface area contributed by atoms with Gasteiger partial charge in [0.15, 0.2) is 0 Å². The van der Waals surface area contributed by atoms with E-state index in [-0.39, 0.29) is 5.82 Å². The lowest BCUT2D eigenvalue weighted by molar-refractivity contribution is 0.628. The molecule has 0 spiro atoms. The van der Waals surface area contributed by atoms with Gasteiger partial charge in [-0.3, -0.25) is 0 Å². The Hall–Kier alpha value is -0.780. The summed E-state index contributed by atoms with van der Waals surface area (Å²) in [6.45, 7) is 3.87. The van der Waals surface area contributed by atoms with Gasteiger partial charge in [-0.2, -0.15) is 0 Å². The number of nitrogens with zero attached hydrogens (tertiary/aromatic N) is 1. The molecule has 0 fully saturated rings. The summed E-state index contributed by atoms with van der Waals surface area (Å²) in [6.07, 6.45) is 1.10. The normalized spacial score (nSPS) is 10.8. The minimum absolute atomic E-state index is 0.242. The van der Waals surface area contributed by atoms with Crippen molar-refractivity contribution in [3.05, 3.63) is 39.6 Å². The number of hydrogen-bond donors (Lipinski definition) is 1. The van der Waals surface area contributed by atoms with Crippen LogP contribution < -0.4 is 5.32 Å². The monoisotopic (exact) mass is 328 g/mol. The first-order valence-corrected chi connectivity index (χ1v) is 7.48. The van der Waals surface area contributed by atoms with E-state index < -0.39 is 0 Å². The summed E-state index contributed by atoms with van der Waals surface area (Å²) in [6, 6.07) is 4.65. The summed E-state index contributed by atoms with van der Waals surface area (Å²) in [5, 5.41) is 6.15.